The first-order valence-electron chi connectivity index (χ1n) is 7.15. The molecule has 0 radical (unpaired) electrons. The number of benzene rings is 1. The Hall–Kier alpha value is -1.53. The maximum absolute atomic E-state index is 12.5. The van der Waals surface area contributed by atoms with E-state index >= 15 is 0 Å². The number of amides is 1. The average Bonchev–Trinajstić information content (AvgIpc) is 3.04. The predicted molar refractivity (Wildman–Crippen MR) is 94.9 cm³/mol. The highest BCUT2D eigenvalue weighted by molar-refractivity contribution is 8.01. The van der Waals surface area contributed by atoms with Crippen molar-refractivity contribution in [2.24, 2.45) is 0 Å². The van der Waals surface area contributed by atoms with Crippen LogP contribution in [0.4, 0.5) is 10.8 Å². The molecular formula is C16H19N3OS2. The van der Waals surface area contributed by atoms with Crippen molar-refractivity contribution < 1.29 is 4.79 Å². The number of thiazole rings is 1. The number of nitrogens with zero attached hydrogens (tertiary/aromatic N) is 3. The van der Waals surface area contributed by atoms with Crippen molar-refractivity contribution in [1.82, 2.24) is 4.98 Å². The van der Waals surface area contributed by atoms with Crippen molar-refractivity contribution in [3.05, 3.63) is 40.9 Å². The minimum absolute atomic E-state index is 0.00395. The summed E-state index contributed by atoms with van der Waals surface area (Å²) < 4.78 is 0. The van der Waals surface area contributed by atoms with Crippen LogP contribution in [0.25, 0.3) is 0 Å². The summed E-state index contributed by atoms with van der Waals surface area (Å²) in [5.41, 5.74) is 2.30. The molecule has 3 rings (SSSR count). The van der Waals surface area contributed by atoms with Crippen molar-refractivity contribution in [2.75, 3.05) is 23.9 Å². The second-order valence-electron chi connectivity index (χ2n) is 5.58. The quantitative estimate of drug-likeness (QED) is 0.858. The number of aromatic nitrogens is 1. The molecule has 0 N–H and O–H groups in total. The molecule has 0 unspecified atom stereocenters. The van der Waals surface area contributed by atoms with E-state index in [9.17, 15) is 4.79 Å². The fourth-order valence-corrected chi connectivity index (χ4v) is 4.55. The maximum Gasteiger partial charge on any atom is 0.242 e. The molecular weight excluding hydrogens is 314 g/mol. The van der Waals surface area contributed by atoms with Crippen LogP contribution < -0.4 is 9.80 Å². The minimum Gasteiger partial charge on any atom is -0.378 e. The van der Waals surface area contributed by atoms with Gasteiger partial charge in [-0.05, 0) is 31.5 Å². The van der Waals surface area contributed by atoms with Crippen LogP contribution in [0, 0.1) is 6.92 Å². The highest BCUT2D eigenvalue weighted by atomic mass is 32.2. The number of hydrogen-bond donors (Lipinski definition) is 0. The largest absolute Gasteiger partial charge is 0.378 e. The van der Waals surface area contributed by atoms with E-state index in [2.05, 4.69) is 34.1 Å². The Morgan fingerprint density at radius 1 is 1.23 bits per heavy atom. The molecule has 6 heteroatoms. The van der Waals surface area contributed by atoms with Gasteiger partial charge in [-0.15, -0.1) is 23.1 Å². The van der Waals surface area contributed by atoms with E-state index in [0.29, 0.717) is 0 Å². The molecule has 0 saturated carbocycles. The molecule has 0 bridgehead atoms. The summed E-state index contributed by atoms with van der Waals surface area (Å²) in [6.45, 7) is 3.98. The molecule has 1 aliphatic rings. The van der Waals surface area contributed by atoms with E-state index in [-0.39, 0.29) is 16.5 Å². The molecule has 2 aromatic rings. The SMILES string of the molecule is Cc1cnc(N2C(=O)[C@@H](C)S[C@H]2c2ccc(N(C)C)cc2)s1. The van der Waals surface area contributed by atoms with Gasteiger partial charge in [-0.3, -0.25) is 9.69 Å². The van der Waals surface area contributed by atoms with Gasteiger partial charge in [0.05, 0.1) is 5.25 Å². The number of aryl methyl sites for hydroxylation is 1. The van der Waals surface area contributed by atoms with Gasteiger partial charge in [0.25, 0.3) is 0 Å². The van der Waals surface area contributed by atoms with Crippen LogP contribution in [0.15, 0.2) is 30.5 Å². The summed E-state index contributed by atoms with van der Waals surface area (Å²) in [4.78, 5) is 22.0. The van der Waals surface area contributed by atoms with Crippen molar-refractivity contribution in [3.63, 3.8) is 0 Å². The van der Waals surface area contributed by atoms with E-state index < -0.39 is 0 Å². The van der Waals surface area contributed by atoms with Crippen LogP contribution in [0.3, 0.4) is 0 Å². The van der Waals surface area contributed by atoms with Gasteiger partial charge in [0.1, 0.15) is 5.37 Å². The maximum atomic E-state index is 12.5. The van der Waals surface area contributed by atoms with Crippen LogP contribution >= 0.6 is 23.1 Å². The molecule has 2 heterocycles. The molecule has 1 fully saturated rings. The Morgan fingerprint density at radius 2 is 1.91 bits per heavy atom. The molecule has 22 heavy (non-hydrogen) atoms. The average molecular weight is 333 g/mol. The molecule has 0 spiro atoms. The van der Waals surface area contributed by atoms with Crippen molar-refractivity contribution >= 4 is 39.8 Å². The summed E-state index contributed by atoms with van der Waals surface area (Å²) in [5, 5.41) is 0.757. The van der Waals surface area contributed by atoms with Crippen molar-refractivity contribution in [3.8, 4) is 0 Å². The minimum atomic E-state index is -0.0391. The lowest BCUT2D eigenvalue weighted by atomic mass is 10.2. The Kier molecular flexibility index (Phi) is 4.14. The van der Waals surface area contributed by atoms with Crippen LogP contribution in [-0.2, 0) is 4.79 Å². The van der Waals surface area contributed by atoms with Crippen LogP contribution in [0.1, 0.15) is 22.7 Å². The van der Waals surface area contributed by atoms with Crippen LogP contribution in [0.5, 0.6) is 0 Å². The topological polar surface area (TPSA) is 36.4 Å². The van der Waals surface area contributed by atoms with Gasteiger partial charge in [-0.2, -0.15) is 0 Å². The first kappa shape index (κ1) is 15.4. The number of carbonyl (C=O) groups is 1. The molecule has 1 aliphatic heterocycles. The van der Waals surface area contributed by atoms with E-state index in [0.717, 1.165) is 21.3 Å². The summed E-state index contributed by atoms with van der Waals surface area (Å²) >= 11 is 3.25. The molecule has 1 saturated heterocycles. The molecule has 4 nitrogen and oxygen atoms in total. The number of hydrogen-bond acceptors (Lipinski definition) is 5. The standard InChI is InChI=1S/C16H19N3OS2/c1-10-9-17-16(21-10)19-14(20)11(2)22-15(19)12-5-7-13(8-6-12)18(3)4/h5-9,11,15H,1-4H3/t11-,15+/m1/s1. The molecule has 116 valence electrons. The summed E-state index contributed by atoms with van der Waals surface area (Å²) in [6.07, 6.45) is 1.83. The molecule has 1 aromatic carbocycles. The zero-order chi connectivity index (χ0) is 15.9. The van der Waals surface area contributed by atoms with Crippen molar-refractivity contribution in [2.45, 2.75) is 24.5 Å². The lowest BCUT2D eigenvalue weighted by Gasteiger charge is -2.22. The first-order valence-corrected chi connectivity index (χ1v) is 8.91. The lowest BCUT2D eigenvalue weighted by Crippen LogP contribution is -2.29. The number of thioether (sulfide) groups is 1. The monoisotopic (exact) mass is 333 g/mol. The third-order valence-electron chi connectivity index (χ3n) is 3.66. The van der Waals surface area contributed by atoms with Gasteiger partial charge in [0.2, 0.25) is 5.91 Å². The van der Waals surface area contributed by atoms with Crippen LogP contribution in [-0.4, -0.2) is 30.2 Å². The van der Waals surface area contributed by atoms with E-state index in [4.69, 9.17) is 0 Å². The summed E-state index contributed by atoms with van der Waals surface area (Å²) in [7, 11) is 4.05. The van der Waals surface area contributed by atoms with Gasteiger partial charge in [-0.25, -0.2) is 4.98 Å². The zero-order valence-electron chi connectivity index (χ0n) is 13.1. The normalized spacial score (nSPS) is 21.5. The fourth-order valence-electron chi connectivity index (χ4n) is 2.44. The molecule has 1 amide bonds. The smallest absolute Gasteiger partial charge is 0.242 e. The van der Waals surface area contributed by atoms with E-state index in [1.54, 1.807) is 23.1 Å². The van der Waals surface area contributed by atoms with Gasteiger partial charge in [0, 0.05) is 30.9 Å². The molecule has 1 aromatic heterocycles. The van der Waals surface area contributed by atoms with Crippen LogP contribution in [0.2, 0.25) is 0 Å². The molecule has 0 aliphatic carbocycles. The summed E-state index contributed by atoms with van der Waals surface area (Å²) in [5.74, 6) is 0.140. The van der Waals surface area contributed by atoms with Crippen molar-refractivity contribution in [1.29, 1.82) is 0 Å². The Balaban J connectivity index is 1.95. The second-order valence-corrected chi connectivity index (χ2v) is 8.22. The Morgan fingerprint density at radius 3 is 2.45 bits per heavy atom. The number of anilines is 2. The second kappa shape index (κ2) is 5.93. The summed E-state index contributed by atoms with van der Waals surface area (Å²) in [6, 6.07) is 8.39. The zero-order valence-corrected chi connectivity index (χ0v) is 14.7. The predicted octanol–water partition coefficient (Wildman–Crippen LogP) is 3.68. The van der Waals surface area contributed by atoms with Gasteiger partial charge >= 0.3 is 0 Å². The van der Waals surface area contributed by atoms with Gasteiger partial charge < -0.3 is 4.90 Å². The van der Waals surface area contributed by atoms with E-state index in [1.165, 1.54) is 0 Å². The highest BCUT2D eigenvalue weighted by Crippen LogP contribution is 2.46. The Labute approximate surface area is 139 Å². The first-order chi connectivity index (χ1) is 10.5. The third kappa shape index (κ3) is 2.73. The fraction of sp³-hybridized carbons (Fsp3) is 0.375. The Bertz CT molecular complexity index is 681. The van der Waals surface area contributed by atoms with E-state index in [1.807, 2.05) is 39.0 Å². The van der Waals surface area contributed by atoms with Gasteiger partial charge in [0.15, 0.2) is 5.13 Å². The lowest BCUT2D eigenvalue weighted by molar-refractivity contribution is -0.117. The highest BCUT2D eigenvalue weighted by Gasteiger charge is 2.40. The molecule has 2 atom stereocenters. The van der Waals surface area contributed by atoms with Gasteiger partial charge in [-0.1, -0.05) is 12.1 Å². The number of rotatable bonds is 3. The number of carbonyl (C=O) groups excluding carboxylic acids is 1. The third-order valence-corrected chi connectivity index (χ3v) is 5.93.